The summed E-state index contributed by atoms with van der Waals surface area (Å²) in [5.41, 5.74) is 2.73. The Morgan fingerprint density at radius 1 is 1.09 bits per heavy atom. The number of hydrogen-bond donors (Lipinski definition) is 3. The van der Waals surface area contributed by atoms with Crippen molar-refractivity contribution in [3.8, 4) is 28.8 Å². The second-order valence-electron chi connectivity index (χ2n) is 12.1. The molecule has 2 fully saturated rings. The number of morpholine rings is 1. The zero-order valence-electron chi connectivity index (χ0n) is 27.1. The highest BCUT2D eigenvalue weighted by Crippen LogP contribution is 2.35. The van der Waals surface area contributed by atoms with Gasteiger partial charge in [-0.05, 0) is 64.2 Å². The molecule has 5 rings (SSSR count). The first kappa shape index (κ1) is 33.1. The summed E-state index contributed by atoms with van der Waals surface area (Å²) in [7, 11) is 1.64. The van der Waals surface area contributed by atoms with Gasteiger partial charge in [0.05, 0.1) is 49.5 Å². The van der Waals surface area contributed by atoms with Crippen LogP contribution in [0.3, 0.4) is 0 Å². The molecule has 3 aromatic rings. The minimum absolute atomic E-state index is 0.236. The molecule has 13 heteroatoms. The van der Waals surface area contributed by atoms with Gasteiger partial charge in [-0.3, -0.25) is 15.0 Å². The standard InChI is InChI=1S/C33H45N9O4/c1-22(15-36-21-35)46-31-13-25(5-6-26(31)14-34)27-16-37-33(38-17-27)39-30-20-42(40-32(30)44-12-11-43-4)29-9-7-28(8-10-29)41-18-23(2)45-24(3)19-41/h5-6,13,16-17,20-24,28-29H,7-12,15,18-19H2,1-4H3,(H2,35,36)(H,37,38,39)/t22-,23-,24+,28-,29-/m0/s1. The maximum absolute atomic E-state index is 9.56. The van der Waals surface area contributed by atoms with Crippen LogP contribution < -0.4 is 20.1 Å². The molecular formula is C33H45N9O4. The Balaban J connectivity index is 1.26. The molecule has 46 heavy (non-hydrogen) atoms. The molecule has 2 aliphatic rings. The van der Waals surface area contributed by atoms with E-state index in [4.69, 9.17) is 29.5 Å². The topological polar surface area (TPSA) is 155 Å². The number of nitrogens with one attached hydrogen (secondary N) is 3. The first-order valence-electron chi connectivity index (χ1n) is 16.0. The van der Waals surface area contributed by atoms with Crippen LogP contribution in [0.5, 0.6) is 11.6 Å². The van der Waals surface area contributed by atoms with Crippen molar-refractivity contribution < 1.29 is 18.9 Å². The third kappa shape index (κ3) is 8.51. The van der Waals surface area contributed by atoms with E-state index in [0.29, 0.717) is 54.6 Å². The Kier molecular flexibility index (Phi) is 11.4. The molecule has 0 amide bonds. The molecule has 1 saturated carbocycles. The van der Waals surface area contributed by atoms with Crippen LogP contribution in [0.2, 0.25) is 0 Å². The quantitative estimate of drug-likeness (QED) is 0.130. The van der Waals surface area contributed by atoms with Crippen LogP contribution in [0.4, 0.5) is 11.6 Å². The number of rotatable bonds is 14. The van der Waals surface area contributed by atoms with Gasteiger partial charge in [0.1, 0.15) is 30.2 Å². The van der Waals surface area contributed by atoms with Crippen molar-refractivity contribution in [2.24, 2.45) is 0 Å². The highest BCUT2D eigenvalue weighted by atomic mass is 16.5. The normalized spacial score (nSPS) is 22.4. The molecule has 0 spiro atoms. The fraction of sp³-hybridized carbons (Fsp3) is 0.545. The van der Waals surface area contributed by atoms with Gasteiger partial charge in [0.15, 0.2) is 0 Å². The molecule has 3 N–H and O–H groups in total. The van der Waals surface area contributed by atoms with Crippen molar-refractivity contribution in [3.63, 3.8) is 0 Å². The van der Waals surface area contributed by atoms with Crippen molar-refractivity contribution in [1.82, 2.24) is 30.0 Å². The smallest absolute Gasteiger partial charge is 0.257 e. The number of nitrogens with zero attached hydrogens (tertiary/aromatic N) is 6. The van der Waals surface area contributed by atoms with Crippen LogP contribution >= 0.6 is 0 Å². The van der Waals surface area contributed by atoms with Crippen LogP contribution in [0.25, 0.3) is 11.1 Å². The van der Waals surface area contributed by atoms with Gasteiger partial charge in [-0.25, -0.2) is 9.97 Å². The van der Waals surface area contributed by atoms with E-state index in [1.165, 1.54) is 0 Å². The van der Waals surface area contributed by atoms with Crippen molar-refractivity contribution in [2.75, 3.05) is 45.3 Å². The van der Waals surface area contributed by atoms with E-state index in [-0.39, 0.29) is 24.4 Å². The summed E-state index contributed by atoms with van der Waals surface area (Å²) in [6.45, 7) is 9.47. The molecule has 1 aliphatic carbocycles. The zero-order valence-corrected chi connectivity index (χ0v) is 27.1. The van der Waals surface area contributed by atoms with E-state index in [0.717, 1.165) is 56.2 Å². The van der Waals surface area contributed by atoms with Crippen LogP contribution in [0.1, 0.15) is 58.1 Å². The number of nitriles is 1. The molecule has 2 aromatic heterocycles. The van der Waals surface area contributed by atoms with Crippen molar-refractivity contribution >= 4 is 18.0 Å². The predicted molar refractivity (Wildman–Crippen MR) is 175 cm³/mol. The zero-order chi connectivity index (χ0) is 32.5. The lowest BCUT2D eigenvalue weighted by Gasteiger charge is -2.42. The predicted octanol–water partition coefficient (Wildman–Crippen LogP) is 4.54. The lowest BCUT2D eigenvalue weighted by Crippen LogP contribution is -2.51. The highest BCUT2D eigenvalue weighted by Gasteiger charge is 2.32. The van der Waals surface area contributed by atoms with Crippen molar-refractivity contribution in [1.29, 1.82) is 10.7 Å². The molecule has 246 valence electrons. The minimum atomic E-state index is -0.236. The van der Waals surface area contributed by atoms with E-state index in [1.807, 2.05) is 29.9 Å². The average molecular weight is 632 g/mol. The molecule has 3 heterocycles. The van der Waals surface area contributed by atoms with E-state index < -0.39 is 0 Å². The van der Waals surface area contributed by atoms with Gasteiger partial charge in [0.25, 0.3) is 5.88 Å². The third-order valence-corrected chi connectivity index (χ3v) is 8.40. The molecule has 0 radical (unpaired) electrons. The monoisotopic (exact) mass is 631 g/mol. The number of methoxy groups -OCH3 is 1. The van der Waals surface area contributed by atoms with Gasteiger partial charge in [-0.15, -0.1) is 5.10 Å². The largest absolute Gasteiger partial charge is 0.487 e. The summed E-state index contributed by atoms with van der Waals surface area (Å²) >= 11 is 0. The maximum atomic E-state index is 9.56. The third-order valence-electron chi connectivity index (χ3n) is 8.40. The highest BCUT2D eigenvalue weighted by molar-refractivity contribution is 5.67. The molecule has 0 bridgehead atoms. The van der Waals surface area contributed by atoms with Crippen LogP contribution in [-0.4, -0.2) is 95.3 Å². The number of anilines is 2. The first-order valence-corrected chi connectivity index (χ1v) is 16.0. The molecule has 3 atom stereocenters. The van der Waals surface area contributed by atoms with E-state index in [1.54, 1.807) is 25.6 Å². The Morgan fingerprint density at radius 3 is 2.48 bits per heavy atom. The maximum Gasteiger partial charge on any atom is 0.257 e. The number of benzene rings is 1. The van der Waals surface area contributed by atoms with Gasteiger partial charge >= 0.3 is 0 Å². The van der Waals surface area contributed by atoms with E-state index in [2.05, 4.69) is 45.4 Å². The summed E-state index contributed by atoms with van der Waals surface area (Å²) in [6, 6.07) is 8.42. The molecule has 1 aliphatic heterocycles. The minimum Gasteiger partial charge on any atom is -0.487 e. The Morgan fingerprint density at radius 2 is 1.80 bits per heavy atom. The van der Waals surface area contributed by atoms with Gasteiger partial charge in [0, 0.05) is 44.2 Å². The van der Waals surface area contributed by atoms with Gasteiger partial charge in [0.2, 0.25) is 5.95 Å². The van der Waals surface area contributed by atoms with Crippen LogP contribution in [0, 0.1) is 16.7 Å². The molecule has 0 unspecified atom stereocenters. The summed E-state index contributed by atoms with van der Waals surface area (Å²) < 4.78 is 25.1. The summed E-state index contributed by atoms with van der Waals surface area (Å²) in [6.07, 6.45) is 11.2. The van der Waals surface area contributed by atoms with Crippen LogP contribution in [-0.2, 0) is 9.47 Å². The summed E-state index contributed by atoms with van der Waals surface area (Å²) in [5.74, 6) is 1.37. The second kappa shape index (κ2) is 15.8. The number of hydrogen-bond acceptors (Lipinski definition) is 11. The molecular weight excluding hydrogens is 586 g/mol. The average Bonchev–Trinajstić information content (AvgIpc) is 3.46. The molecule has 13 nitrogen and oxygen atoms in total. The second-order valence-corrected chi connectivity index (χ2v) is 12.1. The summed E-state index contributed by atoms with van der Waals surface area (Å²) in [4.78, 5) is 11.7. The summed E-state index contributed by atoms with van der Waals surface area (Å²) in [5, 5.41) is 27.6. The number of ether oxygens (including phenoxy) is 4. The Labute approximate surface area is 270 Å². The fourth-order valence-corrected chi connectivity index (χ4v) is 6.22. The lowest BCUT2D eigenvalue weighted by atomic mass is 9.89. The lowest BCUT2D eigenvalue weighted by molar-refractivity contribution is -0.0852. The molecule has 1 aromatic carbocycles. The van der Waals surface area contributed by atoms with Gasteiger partial charge in [-0.1, -0.05) is 6.07 Å². The van der Waals surface area contributed by atoms with Crippen molar-refractivity contribution in [2.45, 2.75) is 76.9 Å². The van der Waals surface area contributed by atoms with Crippen LogP contribution in [0.15, 0.2) is 36.8 Å². The van der Waals surface area contributed by atoms with Gasteiger partial charge < -0.3 is 29.6 Å². The number of aromatic nitrogens is 4. The van der Waals surface area contributed by atoms with E-state index >= 15 is 0 Å². The SMILES string of the molecule is COCCOc1nn([C@H]2CC[C@H](N3C[C@@H](C)O[C@@H](C)C3)CC2)cc1Nc1ncc(-c2ccc(C#N)c(O[C@@H](C)CNC=N)c2)cn1. The Bertz CT molecular complexity index is 1460. The molecule has 1 saturated heterocycles. The van der Waals surface area contributed by atoms with Crippen molar-refractivity contribution in [3.05, 3.63) is 42.4 Å². The Hall–Kier alpha value is -4.25. The van der Waals surface area contributed by atoms with Gasteiger partial charge in [-0.2, -0.15) is 5.26 Å². The van der Waals surface area contributed by atoms with E-state index in [9.17, 15) is 5.26 Å². The fourth-order valence-electron chi connectivity index (χ4n) is 6.22. The first-order chi connectivity index (χ1) is 22.4.